The molecule has 0 N–H and O–H groups in total. The topological polar surface area (TPSA) is 39.9 Å². The van der Waals surface area contributed by atoms with Gasteiger partial charge in [0.2, 0.25) is 0 Å². The van der Waals surface area contributed by atoms with Gasteiger partial charge in [0.1, 0.15) is 11.3 Å². The van der Waals surface area contributed by atoms with Crippen LogP contribution >= 0.6 is 0 Å². The number of aryl methyl sites for hydroxylation is 3. The molecule has 0 spiro atoms. The largest absolute Gasteiger partial charge is 0.375 e. The van der Waals surface area contributed by atoms with Gasteiger partial charge in [0.05, 0.1) is 24.9 Å². The number of nitrogens with zero attached hydrogens (tertiary/aromatic N) is 3. The van der Waals surface area contributed by atoms with Crippen molar-refractivity contribution in [3.63, 3.8) is 0 Å². The molecule has 132 valence electrons. The Labute approximate surface area is 149 Å². The summed E-state index contributed by atoms with van der Waals surface area (Å²) in [7, 11) is 0. The number of pyridine rings is 1. The van der Waals surface area contributed by atoms with Crippen LogP contribution in [0.1, 0.15) is 42.4 Å². The highest BCUT2D eigenvalue weighted by molar-refractivity contribution is 5.79. The quantitative estimate of drug-likeness (QED) is 0.564. The predicted molar refractivity (Wildman–Crippen MR) is 102 cm³/mol. The van der Waals surface area contributed by atoms with E-state index in [1.54, 1.807) is 0 Å². The summed E-state index contributed by atoms with van der Waals surface area (Å²) in [6.07, 6.45) is 5.22. The van der Waals surface area contributed by atoms with Crippen LogP contribution in [0.3, 0.4) is 0 Å². The SMILES string of the molecule is CCCCc1nc2cnc(C)c(C)c2n1CCOCc1ccccc1. The number of aromatic nitrogens is 3. The van der Waals surface area contributed by atoms with Crippen molar-refractivity contribution in [1.82, 2.24) is 14.5 Å². The van der Waals surface area contributed by atoms with Gasteiger partial charge in [-0.25, -0.2) is 4.98 Å². The maximum Gasteiger partial charge on any atom is 0.110 e. The normalized spacial score (nSPS) is 11.3. The molecule has 2 aromatic heterocycles. The summed E-state index contributed by atoms with van der Waals surface area (Å²) >= 11 is 0. The molecule has 3 rings (SSSR count). The van der Waals surface area contributed by atoms with Crippen LogP contribution < -0.4 is 0 Å². The molecule has 25 heavy (non-hydrogen) atoms. The third-order valence-electron chi connectivity index (χ3n) is 4.68. The zero-order chi connectivity index (χ0) is 17.6. The van der Waals surface area contributed by atoms with Crippen molar-refractivity contribution in [1.29, 1.82) is 0 Å². The fraction of sp³-hybridized carbons (Fsp3) is 0.429. The van der Waals surface area contributed by atoms with E-state index >= 15 is 0 Å². The first-order valence-corrected chi connectivity index (χ1v) is 9.13. The minimum atomic E-state index is 0.650. The second kappa shape index (κ2) is 8.26. The molecule has 0 atom stereocenters. The van der Waals surface area contributed by atoms with Crippen molar-refractivity contribution in [3.8, 4) is 0 Å². The average molecular weight is 337 g/mol. The van der Waals surface area contributed by atoms with E-state index in [4.69, 9.17) is 9.72 Å². The van der Waals surface area contributed by atoms with Gasteiger partial charge in [-0.15, -0.1) is 0 Å². The van der Waals surface area contributed by atoms with Gasteiger partial charge < -0.3 is 9.30 Å². The number of ether oxygens (including phenoxy) is 1. The summed E-state index contributed by atoms with van der Waals surface area (Å²) < 4.78 is 8.24. The second-order valence-electron chi connectivity index (χ2n) is 6.52. The van der Waals surface area contributed by atoms with E-state index < -0.39 is 0 Å². The van der Waals surface area contributed by atoms with Crippen LogP contribution in [0, 0.1) is 13.8 Å². The third-order valence-corrected chi connectivity index (χ3v) is 4.68. The molecule has 4 nitrogen and oxygen atoms in total. The molecule has 0 bridgehead atoms. The highest BCUT2D eigenvalue weighted by Gasteiger charge is 2.14. The van der Waals surface area contributed by atoms with Gasteiger partial charge >= 0.3 is 0 Å². The molecule has 0 aliphatic carbocycles. The van der Waals surface area contributed by atoms with Crippen molar-refractivity contribution in [2.45, 2.75) is 53.2 Å². The molecular weight excluding hydrogens is 310 g/mol. The Balaban J connectivity index is 1.76. The Morgan fingerprint density at radius 2 is 1.92 bits per heavy atom. The monoisotopic (exact) mass is 337 g/mol. The van der Waals surface area contributed by atoms with Gasteiger partial charge in [-0.1, -0.05) is 43.7 Å². The number of rotatable bonds is 8. The third kappa shape index (κ3) is 4.07. The van der Waals surface area contributed by atoms with Gasteiger partial charge in [0.15, 0.2) is 0 Å². The van der Waals surface area contributed by atoms with Crippen LogP contribution in [0.15, 0.2) is 36.5 Å². The summed E-state index contributed by atoms with van der Waals surface area (Å²) in [5.74, 6) is 1.15. The van der Waals surface area contributed by atoms with Crippen molar-refractivity contribution in [2.24, 2.45) is 0 Å². The molecule has 0 aliphatic heterocycles. The van der Waals surface area contributed by atoms with Crippen LogP contribution in [-0.2, 0) is 24.3 Å². The Bertz CT molecular complexity index is 824. The van der Waals surface area contributed by atoms with Gasteiger partial charge in [-0.2, -0.15) is 0 Å². The average Bonchev–Trinajstić information content (AvgIpc) is 2.99. The lowest BCUT2D eigenvalue weighted by atomic mass is 10.2. The van der Waals surface area contributed by atoms with Crippen molar-refractivity contribution < 1.29 is 4.74 Å². The summed E-state index contributed by atoms with van der Waals surface area (Å²) in [6.45, 7) is 8.57. The molecule has 0 saturated carbocycles. The van der Waals surface area contributed by atoms with E-state index in [-0.39, 0.29) is 0 Å². The molecule has 2 heterocycles. The van der Waals surface area contributed by atoms with E-state index in [0.717, 1.165) is 36.4 Å². The highest BCUT2D eigenvalue weighted by Crippen LogP contribution is 2.22. The Kier molecular flexibility index (Phi) is 5.82. The number of fused-ring (bicyclic) bond motifs is 1. The van der Waals surface area contributed by atoms with Crippen molar-refractivity contribution in [2.75, 3.05) is 6.61 Å². The minimum absolute atomic E-state index is 0.650. The standard InChI is InChI=1S/C21H27N3O/c1-4-5-11-20-23-19-14-22-17(3)16(2)21(19)24(20)12-13-25-15-18-9-7-6-8-10-18/h6-10,14H,4-5,11-13,15H2,1-3H3. The number of imidazole rings is 1. The number of benzene rings is 1. The molecule has 0 amide bonds. The maximum atomic E-state index is 5.91. The molecule has 0 saturated heterocycles. The first-order chi connectivity index (χ1) is 12.2. The summed E-state index contributed by atoms with van der Waals surface area (Å²) in [5.41, 5.74) is 5.70. The Hall–Kier alpha value is -2.20. The number of hydrogen-bond acceptors (Lipinski definition) is 3. The molecule has 0 unspecified atom stereocenters. The number of hydrogen-bond donors (Lipinski definition) is 0. The molecule has 3 aromatic rings. The molecule has 0 fully saturated rings. The van der Waals surface area contributed by atoms with Crippen LogP contribution in [-0.4, -0.2) is 21.1 Å². The minimum Gasteiger partial charge on any atom is -0.375 e. The summed E-state index contributed by atoms with van der Waals surface area (Å²) in [4.78, 5) is 9.30. The fourth-order valence-corrected chi connectivity index (χ4v) is 3.12. The van der Waals surface area contributed by atoms with Crippen LogP contribution in [0.5, 0.6) is 0 Å². The zero-order valence-corrected chi connectivity index (χ0v) is 15.5. The van der Waals surface area contributed by atoms with E-state index in [1.807, 2.05) is 24.4 Å². The van der Waals surface area contributed by atoms with Crippen molar-refractivity contribution >= 4 is 11.0 Å². The Morgan fingerprint density at radius 3 is 2.68 bits per heavy atom. The maximum absolute atomic E-state index is 5.91. The first kappa shape index (κ1) is 17.6. The van der Waals surface area contributed by atoms with Crippen molar-refractivity contribution in [3.05, 3.63) is 59.2 Å². The predicted octanol–water partition coefficient (Wildman–Crippen LogP) is 4.61. The summed E-state index contributed by atoms with van der Waals surface area (Å²) in [5, 5.41) is 0. The molecular formula is C21H27N3O. The smallest absolute Gasteiger partial charge is 0.110 e. The fourth-order valence-electron chi connectivity index (χ4n) is 3.12. The van der Waals surface area contributed by atoms with Crippen LogP contribution in [0.4, 0.5) is 0 Å². The lowest BCUT2D eigenvalue weighted by molar-refractivity contribution is 0.113. The molecule has 0 radical (unpaired) electrons. The van der Waals surface area contributed by atoms with Gasteiger partial charge in [-0.3, -0.25) is 4.98 Å². The van der Waals surface area contributed by atoms with Gasteiger partial charge in [0.25, 0.3) is 0 Å². The van der Waals surface area contributed by atoms with E-state index in [2.05, 4.69) is 42.5 Å². The molecule has 1 aromatic carbocycles. The first-order valence-electron chi connectivity index (χ1n) is 9.13. The highest BCUT2D eigenvalue weighted by atomic mass is 16.5. The molecule has 4 heteroatoms. The zero-order valence-electron chi connectivity index (χ0n) is 15.5. The lowest BCUT2D eigenvalue weighted by Gasteiger charge is -2.12. The van der Waals surface area contributed by atoms with Gasteiger partial charge in [0, 0.05) is 18.7 Å². The van der Waals surface area contributed by atoms with Crippen LogP contribution in [0.2, 0.25) is 0 Å². The summed E-state index contributed by atoms with van der Waals surface area (Å²) in [6, 6.07) is 10.3. The van der Waals surface area contributed by atoms with E-state index in [9.17, 15) is 0 Å². The van der Waals surface area contributed by atoms with Gasteiger partial charge in [-0.05, 0) is 31.4 Å². The number of unbranched alkanes of at least 4 members (excludes halogenated alkanes) is 1. The van der Waals surface area contributed by atoms with E-state index in [1.165, 1.54) is 23.1 Å². The molecule has 0 aliphatic rings. The Morgan fingerprint density at radius 1 is 1.12 bits per heavy atom. The van der Waals surface area contributed by atoms with E-state index in [0.29, 0.717) is 13.2 Å². The van der Waals surface area contributed by atoms with Crippen LogP contribution in [0.25, 0.3) is 11.0 Å². The lowest BCUT2D eigenvalue weighted by Crippen LogP contribution is -2.10. The second-order valence-corrected chi connectivity index (χ2v) is 6.52.